The van der Waals surface area contributed by atoms with E-state index in [1.165, 1.54) is 25.1 Å². The van der Waals surface area contributed by atoms with Crippen LogP contribution in [0, 0.1) is 0 Å². The number of hydrogen-bond donors (Lipinski definition) is 2. The van der Waals surface area contributed by atoms with Crippen molar-refractivity contribution in [2.24, 2.45) is 0 Å². The predicted molar refractivity (Wildman–Crippen MR) is 115 cm³/mol. The van der Waals surface area contributed by atoms with Gasteiger partial charge < -0.3 is 15.5 Å². The number of hydrogen-bond acceptors (Lipinski definition) is 5. The summed E-state index contributed by atoms with van der Waals surface area (Å²) >= 11 is 0. The summed E-state index contributed by atoms with van der Waals surface area (Å²) < 4.78 is 1.06. The maximum Gasteiger partial charge on any atom is 0.332 e. The molecule has 0 saturated carbocycles. The van der Waals surface area contributed by atoms with Gasteiger partial charge in [0, 0.05) is 48.6 Å². The van der Waals surface area contributed by atoms with Crippen molar-refractivity contribution in [2.45, 2.75) is 19.4 Å². The van der Waals surface area contributed by atoms with Crippen LogP contribution < -0.4 is 21.1 Å². The minimum atomic E-state index is -0.482. The SMILES string of the molecule is O=C(Nc1cccc(N2CCCC2)c1)n1ccc(NCc2ccccn2)cc1=O. The molecule has 0 spiro atoms. The molecule has 1 aromatic carbocycles. The Balaban J connectivity index is 1.42. The third-order valence-corrected chi connectivity index (χ3v) is 4.91. The van der Waals surface area contributed by atoms with Crippen LogP contribution in [0.5, 0.6) is 0 Å². The Hall–Kier alpha value is -3.61. The summed E-state index contributed by atoms with van der Waals surface area (Å²) in [7, 11) is 0. The average Bonchev–Trinajstić information content (AvgIpc) is 3.28. The van der Waals surface area contributed by atoms with Gasteiger partial charge in [-0.05, 0) is 49.2 Å². The van der Waals surface area contributed by atoms with Gasteiger partial charge >= 0.3 is 6.03 Å². The standard InChI is InChI=1S/C22H23N5O2/c28-21-15-17(24-16-19-6-1-2-10-23-19)9-13-27(21)22(29)25-18-7-5-8-20(14-18)26-11-3-4-12-26/h1-2,5-10,13-15,24H,3-4,11-12,16H2,(H,25,29). The second kappa shape index (κ2) is 8.60. The van der Waals surface area contributed by atoms with Crippen LogP contribution in [-0.4, -0.2) is 28.7 Å². The van der Waals surface area contributed by atoms with Gasteiger partial charge in [-0.25, -0.2) is 9.36 Å². The van der Waals surface area contributed by atoms with Gasteiger partial charge in [0.2, 0.25) is 0 Å². The number of amides is 1. The van der Waals surface area contributed by atoms with E-state index in [1.807, 2.05) is 42.5 Å². The Morgan fingerprint density at radius 1 is 1.00 bits per heavy atom. The lowest BCUT2D eigenvalue weighted by molar-refractivity contribution is 0.253. The van der Waals surface area contributed by atoms with Crippen molar-refractivity contribution >= 4 is 23.1 Å². The fraction of sp³-hybridized carbons (Fsp3) is 0.227. The molecule has 1 aliphatic heterocycles. The maximum atomic E-state index is 12.6. The van der Waals surface area contributed by atoms with Gasteiger partial charge in [0.05, 0.1) is 12.2 Å². The molecule has 2 N–H and O–H groups in total. The lowest BCUT2D eigenvalue weighted by Gasteiger charge is -2.18. The average molecular weight is 389 g/mol. The zero-order valence-corrected chi connectivity index (χ0v) is 16.0. The molecule has 0 atom stereocenters. The molecule has 1 amide bonds. The lowest BCUT2D eigenvalue weighted by Crippen LogP contribution is -2.30. The van der Waals surface area contributed by atoms with Gasteiger partial charge in [0.1, 0.15) is 0 Å². The van der Waals surface area contributed by atoms with Crippen LogP contribution in [0.3, 0.4) is 0 Å². The van der Waals surface area contributed by atoms with Gasteiger partial charge in [-0.15, -0.1) is 0 Å². The second-order valence-electron chi connectivity index (χ2n) is 6.97. The van der Waals surface area contributed by atoms with Gasteiger partial charge in [0.25, 0.3) is 5.56 Å². The number of carbonyl (C=O) groups excluding carboxylic acids is 1. The quantitative estimate of drug-likeness (QED) is 0.698. The Morgan fingerprint density at radius 3 is 2.62 bits per heavy atom. The summed E-state index contributed by atoms with van der Waals surface area (Å²) in [6.07, 6.45) is 5.57. The third-order valence-electron chi connectivity index (χ3n) is 4.91. The smallest absolute Gasteiger partial charge is 0.332 e. The lowest BCUT2D eigenvalue weighted by atomic mass is 10.2. The predicted octanol–water partition coefficient (Wildman–Crippen LogP) is 3.54. The fourth-order valence-corrected chi connectivity index (χ4v) is 3.39. The van der Waals surface area contributed by atoms with E-state index in [0.717, 1.165) is 29.0 Å². The zero-order valence-electron chi connectivity index (χ0n) is 16.0. The summed E-state index contributed by atoms with van der Waals surface area (Å²) in [4.78, 5) is 31.5. The van der Waals surface area contributed by atoms with Crippen LogP contribution in [0.1, 0.15) is 18.5 Å². The number of nitrogens with one attached hydrogen (secondary N) is 2. The molecule has 1 saturated heterocycles. The maximum absolute atomic E-state index is 12.6. The van der Waals surface area contributed by atoms with Crippen molar-refractivity contribution < 1.29 is 4.79 Å². The van der Waals surface area contributed by atoms with E-state index < -0.39 is 11.6 Å². The summed E-state index contributed by atoms with van der Waals surface area (Å²) in [5, 5.41) is 5.95. The molecular formula is C22H23N5O2. The Kier molecular flexibility index (Phi) is 5.56. The molecule has 0 bridgehead atoms. The van der Waals surface area contributed by atoms with E-state index in [1.54, 1.807) is 12.3 Å². The molecule has 1 aliphatic rings. The number of anilines is 3. The molecule has 1 fully saturated rings. The monoisotopic (exact) mass is 389 g/mol. The Bertz CT molecular complexity index is 1040. The first-order chi connectivity index (χ1) is 14.2. The number of nitrogens with zero attached hydrogens (tertiary/aromatic N) is 3. The molecule has 0 unspecified atom stereocenters. The molecule has 3 aromatic rings. The van der Waals surface area contributed by atoms with Gasteiger partial charge in [-0.2, -0.15) is 0 Å². The first-order valence-electron chi connectivity index (χ1n) is 9.72. The molecule has 148 valence electrons. The largest absolute Gasteiger partial charge is 0.379 e. The van der Waals surface area contributed by atoms with Crippen LogP contribution in [-0.2, 0) is 6.54 Å². The molecule has 4 rings (SSSR count). The highest BCUT2D eigenvalue weighted by Crippen LogP contribution is 2.23. The van der Waals surface area contributed by atoms with Crippen LogP contribution in [0.15, 0.2) is 71.8 Å². The van der Waals surface area contributed by atoms with Gasteiger partial charge in [0.15, 0.2) is 0 Å². The number of rotatable bonds is 5. The topological polar surface area (TPSA) is 79.3 Å². The minimum absolute atomic E-state index is 0.399. The van der Waals surface area contributed by atoms with Gasteiger partial charge in [-0.3, -0.25) is 9.78 Å². The minimum Gasteiger partial charge on any atom is -0.379 e. The Labute approximate surface area is 169 Å². The number of pyridine rings is 2. The normalized spacial score (nSPS) is 13.3. The fourth-order valence-electron chi connectivity index (χ4n) is 3.39. The van der Waals surface area contributed by atoms with Crippen LogP contribution in [0.2, 0.25) is 0 Å². The Morgan fingerprint density at radius 2 is 1.86 bits per heavy atom. The van der Waals surface area contributed by atoms with Crippen molar-refractivity contribution in [2.75, 3.05) is 28.6 Å². The highest BCUT2D eigenvalue weighted by molar-refractivity contribution is 5.91. The molecule has 0 radical (unpaired) electrons. The van der Waals surface area contributed by atoms with E-state index in [9.17, 15) is 9.59 Å². The number of benzene rings is 1. The van der Waals surface area contributed by atoms with Crippen molar-refractivity contribution in [3.8, 4) is 0 Å². The zero-order chi connectivity index (χ0) is 20.1. The molecule has 7 nitrogen and oxygen atoms in total. The van der Waals surface area contributed by atoms with Crippen LogP contribution >= 0.6 is 0 Å². The number of carbonyl (C=O) groups is 1. The first kappa shape index (κ1) is 18.7. The summed E-state index contributed by atoms with van der Waals surface area (Å²) in [6.45, 7) is 2.56. The highest BCUT2D eigenvalue weighted by atomic mass is 16.2. The van der Waals surface area contributed by atoms with Crippen molar-refractivity contribution in [3.63, 3.8) is 0 Å². The second-order valence-corrected chi connectivity index (χ2v) is 6.97. The molecule has 3 heterocycles. The molecule has 29 heavy (non-hydrogen) atoms. The van der Waals surface area contributed by atoms with Crippen molar-refractivity contribution in [1.82, 2.24) is 9.55 Å². The third kappa shape index (κ3) is 4.63. The van der Waals surface area contributed by atoms with Crippen LogP contribution in [0.4, 0.5) is 21.9 Å². The molecule has 2 aromatic heterocycles. The molecular weight excluding hydrogens is 366 g/mol. The summed E-state index contributed by atoms with van der Waals surface area (Å²) in [5.74, 6) is 0. The van der Waals surface area contributed by atoms with Crippen molar-refractivity contribution in [1.29, 1.82) is 0 Å². The van der Waals surface area contributed by atoms with E-state index in [0.29, 0.717) is 17.9 Å². The number of aromatic nitrogens is 2. The van der Waals surface area contributed by atoms with Crippen LogP contribution in [0.25, 0.3) is 0 Å². The van der Waals surface area contributed by atoms with Gasteiger partial charge in [-0.1, -0.05) is 12.1 Å². The molecule has 7 heteroatoms. The first-order valence-corrected chi connectivity index (χ1v) is 9.72. The highest BCUT2D eigenvalue weighted by Gasteiger charge is 2.13. The summed E-state index contributed by atoms with van der Waals surface area (Å²) in [5.41, 5.74) is 2.86. The van der Waals surface area contributed by atoms with E-state index in [4.69, 9.17) is 0 Å². The summed E-state index contributed by atoms with van der Waals surface area (Å²) in [6, 6.07) is 16.0. The van der Waals surface area contributed by atoms with Crippen molar-refractivity contribution in [3.05, 3.63) is 83.0 Å². The van der Waals surface area contributed by atoms with E-state index in [2.05, 4.69) is 20.5 Å². The molecule has 0 aliphatic carbocycles. The van der Waals surface area contributed by atoms with E-state index in [-0.39, 0.29) is 0 Å². The van der Waals surface area contributed by atoms with E-state index >= 15 is 0 Å².